The third kappa shape index (κ3) is 2.53. The van der Waals surface area contributed by atoms with Gasteiger partial charge in [0.05, 0.1) is 0 Å². The highest BCUT2D eigenvalue weighted by Gasteiger charge is 2.35. The van der Waals surface area contributed by atoms with Gasteiger partial charge in [0.25, 0.3) is 0 Å². The second kappa shape index (κ2) is 4.53. The van der Waals surface area contributed by atoms with Gasteiger partial charge in [-0.2, -0.15) is 0 Å². The Balaban J connectivity index is 2.59. The molecule has 0 aromatic rings. The zero-order valence-electron chi connectivity index (χ0n) is 6.59. The number of hydrogen-bond donors (Lipinski definition) is 0. The van der Waals surface area contributed by atoms with Crippen LogP contribution in [0, 0.1) is 5.92 Å². The lowest BCUT2D eigenvalue weighted by atomic mass is 9.91. The molecular weight excluding hydrogens is 308 g/mol. The molecular formula is C7H11Br2O2S-. The lowest BCUT2D eigenvalue weighted by Gasteiger charge is -2.34. The second-order valence-electron chi connectivity index (χ2n) is 3.13. The molecule has 0 heterocycles. The lowest BCUT2D eigenvalue weighted by molar-refractivity contribution is 0.364. The fourth-order valence-electron chi connectivity index (χ4n) is 1.57. The molecule has 0 N–H and O–H groups in total. The maximum atomic E-state index is 10.8. The predicted molar refractivity (Wildman–Crippen MR) is 56.1 cm³/mol. The standard InChI is InChI=1S/C7H12Br2O2S/c8-7(9,12(10)11)6-4-2-1-3-5-6/h6H,1-5H2,(H,10,11)/p-1. The Morgan fingerprint density at radius 2 is 1.75 bits per heavy atom. The molecule has 1 fully saturated rings. The Morgan fingerprint density at radius 1 is 1.25 bits per heavy atom. The third-order valence-corrected chi connectivity index (χ3v) is 5.96. The molecule has 2 nitrogen and oxygen atoms in total. The topological polar surface area (TPSA) is 40.1 Å². The predicted octanol–water partition coefficient (Wildman–Crippen LogP) is 2.89. The van der Waals surface area contributed by atoms with E-state index in [1.165, 1.54) is 6.42 Å². The second-order valence-corrected chi connectivity index (χ2v) is 8.86. The minimum atomic E-state index is -2.09. The first-order chi connectivity index (χ1) is 5.55. The Kier molecular flexibility index (Phi) is 4.21. The molecule has 0 aliphatic heterocycles. The van der Waals surface area contributed by atoms with Gasteiger partial charge in [-0.1, -0.05) is 51.1 Å². The summed E-state index contributed by atoms with van der Waals surface area (Å²) < 4.78 is 20.8. The van der Waals surface area contributed by atoms with Crippen LogP contribution >= 0.6 is 31.9 Å². The van der Waals surface area contributed by atoms with E-state index >= 15 is 0 Å². The monoisotopic (exact) mass is 317 g/mol. The molecule has 1 atom stereocenters. The molecule has 0 saturated heterocycles. The van der Waals surface area contributed by atoms with Crippen molar-refractivity contribution in [3.05, 3.63) is 0 Å². The third-order valence-electron chi connectivity index (χ3n) is 2.30. The molecule has 1 unspecified atom stereocenters. The molecule has 5 heteroatoms. The number of alkyl halides is 2. The van der Waals surface area contributed by atoms with Crippen LogP contribution in [-0.2, 0) is 11.1 Å². The Hall–Kier alpha value is 1.07. The van der Waals surface area contributed by atoms with Crippen LogP contribution in [0.3, 0.4) is 0 Å². The van der Waals surface area contributed by atoms with E-state index in [2.05, 4.69) is 31.9 Å². The van der Waals surface area contributed by atoms with E-state index in [0.717, 1.165) is 25.7 Å². The number of hydrogen-bond acceptors (Lipinski definition) is 2. The van der Waals surface area contributed by atoms with Crippen LogP contribution in [0.2, 0.25) is 0 Å². The van der Waals surface area contributed by atoms with Crippen molar-refractivity contribution >= 4 is 42.9 Å². The summed E-state index contributed by atoms with van der Waals surface area (Å²) in [5.41, 5.74) is 0. The van der Waals surface area contributed by atoms with Gasteiger partial charge in [0.15, 0.2) is 0 Å². The van der Waals surface area contributed by atoms with E-state index in [1.54, 1.807) is 0 Å². The van der Waals surface area contributed by atoms with Gasteiger partial charge in [-0.25, -0.2) is 0 Å². The molecule has 0 bridgehead atoms. The van der Waals surface area contributed by atoms with Gasteiger partial charge in [0.1, 0.15) is 2.57 Å². The van der Waals surface area contributed by atoms with E-state index in [0.29, 0.717) is 0 Å². The van der Waals surface area contributed by atoms with Crippen molar-refractivity contribution in [2.24, 2.45) is 5.92 Å². The number of halogens is 2. The molecule has 1 aliphatic rings. The summed E-state index contributed by atoms with van der Waals surface area (Å²) in [6.07, 6.45) is 5.49. The van der Waals surface area contributed by atoms with Gasteiger partial charge in [-0.05, 0) is 29.8 Å². The summed E-state index contributed by atoms with van der Waals surface area (Å²) >= 11 is 4.33. The largest absolute Gasteiger partial charge is 0.771 e. The first kappa shape index (κ1) is 11.1. The highest BCUT2D eigenvalue weighted by molar-refractivity contribution is 9.27. The van der Waals surface area contributed by atoms with Crippen LogP contribution in [0.15, 0.2) is 0 Å². The van der Waals surface area contributed by atoms with Crippen molar-refractivity contribution in [1.82, 2.24) is 0 Å². The zero-order chi connectivity index (χ0) is 9.19. The van der Waals surface area contributed by atoms with Crippen LogP contribution < -0.4 is 0 Å². The molecule has 0 radical (unpaired) electrons. The normalized spacial score (nSPS) is 23.9. The first-order valence-corrected chi connectivity index (χ1v) is 6.68. The fraction of sp³-hybridized carbons (Fsp3) is 1.00. The number of rotatable bonds is 2. The van der Waals surface area contributed by atoms with E-state index < -0.39 is 13.6 Å². The Bertz CT molecular complexity index is 178. The smallest absolute Gasteiger partial charge is 0.144 e. The lowest BCUT2D eigenvalue weighted by Crippen LogP contribution is -2.31. The summed E-state index contributed by atoms with van der Waals surface area (Å²) in [5.74, 6) is 0.213. The minimum absolute atomic E-state index is 0.213. The van der Waals surface area contributed by atoms with E-state index in [-0.39, 0.29) is 5.92 Å². The SMILES string of the molecule is O=S([O-])C(Br)(Br)C1CCCCC1. The average Bonchev–Trinajstić information content (AvgIpc) is 2.06. The van der Waals surface area contributed by atoms with Gasteiger partial charge in [-0.15, -0.1) is 0 Å². The highest BCUT2D eigenvalue weighted by Crippen LogP contribution is 2.44. The molecule has 0 spiro atoms. The van der Waals surface area contributed by atoms with Crippen LogP contribution in [0.5, 0.6) is 0 Å². The molecule has 1 aliphatic carbocycles. The summed E-state index contributed by atoms with van der Waals surface area (Å²) in [7, 11) is 0. The molecule has 1 saturated carbocycles. The molecule has 0 amide bonds. The quantitative estimate of drug-likeness (QED) is 0.580. The van der Waals surface area contributed by atoms with Crippen molar-refractivity contribution in [1.29, 1.82) is 0 Å². The van der Waals surface area contributed by atoms with Gasteiger partial charge >= 0.3 is 0 Å². The van der Waals surface area contributed by atoms with Crippen molar-refractivity contribution in [2.45, 2.75) is 34.7 Å². The van der Waals surface area contributed by atoms with Crippen molar-refractivity contribution in [2.75, 3.05) is 0 Å². The maximum absolute atomic E-state index is 10.8. The summed E-state index contributed by atoms with van der Waals surface area (Å²) in [6, 6.07) is 0. The molecule has 0 aromatic heterocycles. The summed E-state index contributed by atoms with van der Waals surface area (Å²) in [5, 5.41) is 0. The van der Waals surface area contributed by atoms with Crippen molar-refractivity contribution in [3.63, 3.8) is 0 Å². The van der Waals surface area contributed by atoms with Crippen LogP contribution in [0.4, 0.5) is 0 Å². The maximum Gasteiger partial charge on any atom is 0.144 e. The van der Waals surface area contributed by atoms with Crippen molar-refractivity contribution < 1.29 is 8.76 Å². The van der Waals surface area contributed by atoms with Crippen LogP contribution in [0.1, 0.15) is 32.1 Å². The Morgan fingerprint density at radius 3 is 2.17 bits per heavy atom. The van der Waals surface area contributed by atoms with E-state index in [1.807, 2.05) is 0 Å². The molecule has 72 valence electrons. The first-order valence-electron chi connectivity index (χ1n) is 4.02. The van der Waals surface area contributed by atoms with Gasteiger partial charge in [-0.3, -0.25) is 4.21 Å². The van der Waals surface area contributed by atoms with Crippen LogP contribution in [-0.4, -0.2) is 11.3 Å². The minimum Gasteiger partial charge on any atom is -0.771 e. The van der Waals surface area contributed by atoms with Gasteiger partial charge < -0.3 is 4.55 Å². The van der Waals surface area contributed by atoms with Gasteiger partial charge in [0.2, 0.25) is 0 Å². The fourth-order valence-corrected chi connectivity index (χ4v) is 3.00. The summed E-state index contributed by atoms with van der Waals surface area (Å²) in [6.45, 7) is 0. The van der Waals surface area contributed by atoms with E-state index in [4.69, 9.17) is 0 Å². The average molecular weight is 319 g/mol. The molecule has 0 aromatic carbocycles. The van der Waals surface area contributed by atoms with Gasteiger partial charge in [0, 0.05) is 0 Å². The molecule has 1 rings (SSSR count). The van der Waals surface area contributed by atoms with Crippen molar-refractivity contribution in [3.8, 4) is 0 Å². The Labute approximate surface area is 92.0 Å². The van der Waals surface area contributed by atoms with Crippen LogP contribution in [0.25, 0.3) is 0 Å². The zero-order valence-corrected chi connectivity index (χ0v) is 10.6. The molecule has 12 heavy (non-hydrogen) atoms. The van der Waals surface area contributed by atoms with E-state index in [9.17, 15) is 8.76 Å². The summed E-state index contributed by atoms with van der Waals surface area (Å²) in [4.78, 5) is 0. The highest BCUT2D eigenvalue weighted by atomic mass is 79.9.